The predicted octanol–water partition coefficient (Wildman–Crippen LogP) is 3.38. The molecule has 1 heterocycles. The maximum atomic E-state index is 11.7. The molecule has 0 spiro atoms. The summed E-state index contributed by atoms with van der Waals surface area (Å²) in [4.78, 5) is 11.7. The fourth-order valence-corrected chi connectivity index (χ4v) is 2.03. The average molecular weight is 336 g/mol. The first-order chi connectivity index (χ1) is 9.69. The van der Waals surface area contributed by atoms with E-state index in [2.05, 4.69) is 21.2 Å². The van der Waals surface area contributed by atoms with E-state index in [-0.39, 0.29) is 5.91 Å². The lowest BCUT2D eigenvalue weighted by Crippen LogP contribution is -2.19. The first kappa shape index (κ1) is 14.4. The third-order valence-electron chi connectivity index (χ3n) is 2.62. The van der Waals surface area contributed by atoms with Crippen LogP contribution in [-0.4, -0.2) is 13.0 Å². The van der Waals surface area contributed by atoms with Gasteiger partial charge < -0.3 is 14.5 Å². The lowest BCUT2D eigenvalue weighted by molar-refractivity contribution is -0.116. The van der Waals surface area contributed by atoms with Gasteiger partial charge in [0.25, 0.3) is 0 Å². The Balaban J connectivity index is 1.98. The molecule has 0 aliphatic heterocycles. The molecule has 0 aliphatic rings. The molecule has 0 saturated carbocycles. The highest BCUT2D eigenvalue weighted by Crippen LogP contribution is 2.23. The van der Waals surface area contributed by atoms with Gasteiger partial charge in [-0.3, -0.25) is 4.79 Å². The molecule has 1 aromatic heterocycles. The van der Waals surface area contributed by atoms with Crippen molar-refractivity contribution in [3.63, 3.8) is 0 Å². The SMILES string of the molecule is COc1ccc(Br)cc1/C=C\C(=O)NCc1ccco1. The third-order valence-corrected chi connectivity index (χ3v) is 3.12. The summed E-state index contributed by atoms with van der Waals surface area (Å²) in [5.74, 6) is 1.23. The Morgan fingerprint density at radius 2 is 2.30 bits per heavy atom. The zero-order valence-corrected chi connectivity index (χ0v) is 12.5. The summed E-state index contributed by atoms with van der Waals surface area (Å²) in [5, 5.41) is 2.74. The minimum Gasteiger partial charge on any atom is -0.496 e. The second kappa shape index (κ2) is 6.96. The molecule has 0 aliphatic carbocycles. The van der Waals surface area contributed by atoms with Crippen LogP contribution in [0.15, 0.2) is 51.6 Å². The van der Waals surface area contributed by atoms with Crippen molar-refractivity contribution in [2.24, 2.45) is 0 Å². The van der Waals surface area contributed by atoms with Crippen LogP contribution < -0.4 is 10.1 Å². The summed E-state index contributed by atoms with van der Waals surface area (Å²) in [6.45, 7) is 0.367. The zero-order valence-electron chi connectivity index (χ0n) is 10.9. The number of ether oxygens (including phenoxy) is 1. The van der Waals surface area contributed by atoms with Crippen molar-refractivity contribution in [2.75, 3.05) is 7.11 Å². The van der Waals surface area contributed by atoms with Crippen molar-refractivity contribution >= 4 is 27.9 Å². The summed E-state index contributed by atoms with van der Waals surface area (Å²) >= 11 is 3.39. The quantitative estimate of drug-likeness (QED) is 0.852. The van der Waals surface area contributed by atoms with Gasteiger partial charge in [0.1, 0.15) is 11.5 Å². The molecular formula is C15H14BrNO3. The van der Waals surface area contributed by atoms with Crippen molar-refractivity contribution in [2.45, 2.75) is 6.54 Å². The molecule has 4 nitrogen and oxygen atoms in total. The standard InChI is InChI=1S/C15H14BrNO3/c1-19-14-6-5-12(16)9-11(14)4-7-15(18)17-10-13-3-2-8-20-13/h2-9H,10H2,1H3,(H,17,18)/b7-4-. The smallest absolute Gasteiger partial charge is 0.244 e. The molecule has 2 aromatic rings. The predicted molar refractivity (Wildman–Crippen MR) is 80.3 cm³/mol. The number of carbonyl (C=O) groups is 1. The minimum absolute atomic E-state index is 0.191. The molecule has 0 saturated heterocycles. The molecule has 20 heavy (non-hydrogen) atoms. The van der Waals surface area contributed by atoms with E-state index in [1.165, 1.54) is 6.08 Å². The fourth-order valence-electron chi connectivity index (χ4n) is 1.65. The first-order valence-electron chi connectivity index (χ1n) is 6.01. The van der Waals surface area contributed by atoms with Crippen LogP contribution in [0, 0.1) is 0 Å². The van der Waals surface area contributed by atoms with Gasteiger partial charge in [0.05, 0.1) is 19.9 Å². The van der Waals surface area contributed by atoms with E-state index in [0.717, 1.165) is 10.0 Å². The average Bonchev–Trinajstić information content (AvgIpc) is 2.96. The molecule has 0 fully saturated rings. The Kier molecular flexibility index (Phi) is 5.01. The number of hydrogen-bond donors (Lipinski definition) is 1. The number of rotatable bonds is 5. The zero-order chi connectivity index (χ0) is 14.4. The van der Waals surface area contributed by atoms with Gasteiger partial charge in [0.15, 0.2) is 0 Å². The highest BCUT2D eigenvalue weighted by Gasteiger charge is 2.02. The number of nitrogens with one attached hydrogen (secondary N) is 1. The summed E-state index contributed by atoms with van der Waals surface area (Å²) in [6.07, 6.45) is 4.75. The molecule has 0 radical (unpaired) electrons. The summed E-state index contributed by atoms with van der Waals surface area (Å²) < 4.78 is 11.3. The van der Waals surface area contributed by atoms with Gasteiger partial charge in [-0.1, -0.05) is 15.9 Å². The monoisotopic (exact) mass is 335 g/mol. The summed E-state index contributed by atoms with van der Waals surface area (Å²) in [6, 6.07) is 9.19. The van der Waals surface area contributed by atoms with Gasteiger partial charge in [-0.05, 0) is 36.4 Å². The van der Waals surface area contributed by atoms with Crippen molar-refractivity contribution in [3.05, 3.63) is 58.5 Å². The van der Waals surface area contributed by atoms with E-state index in [9.17, 15) is 4.79 Å². The minimum atomic E-state index is -0.191. The molecule has 1 N–H and O–H groups in total. The van der Waals surface area contributed by atoms with Crippen LogP contribution in [0.1, 0.15) is 11.3 Å². The van der Waals surface area contributed by atoms with E-state index in [1.807, 2.05) is 18.2 Å². The molecule has 0 unspecified atom stereocenters. The Hall–Kier alpha value is -2.01. The van der Waals surface area contributed by atoms with E-state index >= 15 is 0 Å². The molecule has 2 rings (SSSR count). The first-order valence-corrected chi connectivity index (χ1v) is 6.80. The number of halogens is 1. The Morgan fingerprint density at radius 3 is 3.00 bits per heavy atom. The molecule has 0 bridgehead atoms. The molecule has 5 heteroatoms. The molecule has 0 atom stereocenters. The Morgan fingerprint density at radius 1 is 1.45 bits per heavy atom. The number of carbonyl (C=O) groups excluding carboxylic acids is 1. The van der Waals surface area contributed by atoms with Gasteiger partial charge in [0, 0.05) is 16.1 Å². The van der Waals surface area contributed by atoms with Gasteiger partial charge in [-0.2, -0.15) is 0 Å². The third kappa shape index (κ3) is 3.99. The summed E-state index contributed by atoms with van der Waals surface area (Å²) in [7, 11) is 1.59. The van der Waals surface area contributed by atoms with Gasteiger partial charge in [0.2, 0.25) is 5.91 Å². The van der Waals surface area contributed by atoms with Crippen LogP contribution in [0.4, 0.5) is 0 Å². The van der Waals surface area contributed by atoms with E-state index in [4.69, 9.17) is 9.15 Å². The topological polar surface area (TPSA) is 51.5 Å². The van der Waals surface area contributed by atoms with Gasteiger partial charge in [-0.25, -0.2) is 0 Å². The fraction of sp³-hybridized carbons (Fsp3) is 0.133. The highest BCUT2D eigenvalue weighted by molar-refractivity contribution is 9.10. The highest BCUT2D eigenvalue weighted by atomic mass is 79.9. The molecule has 1 amide bonds. The van der Waals surface area contributed by atoms with Crippen molar-refractivity contribution in [3.8, 4) is 5.75 Å². The van der Waals surface area contributed by atoms with Crippen molar-refractivity contribution in [1.29, 1.82) is 0 Å². The van der Waals surface area contributed by atoms with E-state index < -0.39 is 0 Å². The van der Waals surface area contributed by atoms with Crippen LogP contribution in [0.2, 0.25) is 0 Å². The van der Waals surface area contributed by atoms with Gasteiger partial charge in [-0.15, -0.1) is 0 Å². The molecule has 104 valence electrons. The normalized spacial score (nSPS) is 10.7. The number of hydrogen-bond acceptors (Lipinski definition) is 3. The lowest BCUT2D eigenvalue weighted by atomic mass is 10.2. The van der Waals surface area contributed by atoms with E-state index in [0.29, 0.717) is 18.1 Å². The van der Waals surface area contributed by atoms with Crippen molar-refractivity contribution < 1.29 is 13.9 Å². The second-order valence-electron chi connectivity index (χ2n) is 4.02. The Labute approximate surface area is 125 Å². The van der Waals surface area contributed by atoms with E-state index in [1.54, 1.807) is 31.6 Å². The molecule has 1 aromatic carbocycles. The Bertz CT molecular complexity index is 606. The van der Waals surface area contributed by atoms with Crippen LogP contribution in [0.5, 0.6) is 5.75 Å². The number of methoxy groups -OCH3 is 1. The van der Waals surface area contributed by atoms with Crippen LogP contribution in [-0.2, 0) is 11.3 Å². The molecular weight excluding hydrogens is 322 g/mol. The maximum Gasteiger partial charge on any atom is 0.244 e. The summed E-state index contributed by atoms with van der Waals surface area (Å²) in [5.41, 5.74) is 0.829. The van der Waals surface area contributed by atoms with Gasteiger partial charge >= 0.3 is 0 Å². The number of amides is 1. The lowest BCUT2D eigenvalue weighted by Gasteiger charge is -2.05. The second-order valence-corrected chi connectivity index (χ2v) is 4.93. The maximum absolute atomic E-state index is 11.7. The number of benzene rings is 1. The van der Waals surface area contributed by atoms with Crippen LogP contribution >= 0.6 is 15.9 Å². The van der Waals surface area contributed by atoms with Crippen LogP contribution in [0.3, 0.4) is 0 Å². The number of furan rings is 1. The van der Waals surface area contributed by atoms with Crippen molar-refractivity contribution in [1.82, 2.24) is 5.32 Å². The van der Waals surface area contributed by atoms with Crippen LogP contribution in [0.25, 0.3) is 6.08 Å². The largest absolute Gasteiger partial charge is 0.496 e.